The lowest BCUT2D eigenvalue weighted by molar-refractivity contribution is 0.238. The normalized spacial score (nSPS) is 20.0. The SMILES string of the molecule is CC1CCCC(c2c(OC(C)C)c3ccccc3c3nc4ccccc4nc23)C1. The van der Waals surface area contributed by atoms with Gasteiger partial charge >= 0.3 is 0 Å². The van der Waals surface area contributed by atoms with Crippen LogP contribution in [0.3, 0.4) is 0 Å². The molecule has 148 valence electrons. The maximum atomic E-state index is 6.50. The molecular weight excluding hydrogens is 356 g/mol. The highest BCUT2D eigenvalue weighted by Gasteiger charge is 2.28. The summed E-state index contributed by atoms with van der Waals surface area (Å²) in [6, 6.07) is 16.7. The molecule has 1 fully saturated rings. The van der Waals surface area contributed by atoms with Gasteiger partial charge in [-0.25, -0.2) is 9.97 Å². The van der Waals surface area contributed by atoms with E-state index in [1.165, 1.54) is 31.2 Å². The fourth-order valence-electron chi connectivity index (χ4n) is 4.95. The number of aromatic nitrogens is 2. The van der Waals surface area contributed by atoms with Gasteiger partial charge in [0.25, 0.3) is 0 Å². The molecular formula is C26H28N2O. The number of nitrogens with zero attached hydrogens (tertiary/aromatic N) is 2. The monoisotopic (exact) mass is 384 g/mol. The van der Waals surface area contributed by atoms with Gasteiger partial charge in [0, 0.05) is 16.3 Å². The topological polar surface area (TPSA) is 35.0 Å². The van der Waals surface area contributed by atoms with Crippen LogP contribution in [0.15, 0.2) is 48.5 Å². The van der Waals surface area contributed by atoms with E-state index in [1.807, 2.05) is 12.1 Å². The summed E-state index contributed by atoms with van der Waals surface area (Å²) in [5.74, 6) is 2.22. The van der Waals surface area contributed by atoms with Crippen LogP contribution in [0, 0.1) is 5.92 Å². The van der Waals surface area contributed by atoms with Crippen LogP contribution in [0.25, 0.3) is 32.8 Å². The van der Waals surface area contributed by atoms with Crippen LogP contribution < -0.4 is 4.74 Å². The standard InChI is InChI=1S/C26H28N2O/c1-16(2)29-26-20-12-5-4-11-19(20)24-25(23(26)18-10-8-9-17(3)15-18)28-22-14-7-6-13-21(22)27-24/h4-7,11-14,16-18H,8-10,15H2,1-3H3. The number of ether oxygens (including phenoxy) is 1. The second kappa shape index (κ2) is 7.29. The highest BCUT2D eigenvalue weighted by molar-refractivity contribution is 6.10. The van der Waals surface area contributed by atoms with E-state index >= 15 is 0 Å². The molecule has 1 aliphatic carbocycles. The van der Waals surface area contributed by atoms with Crippen LogP contribution in [0.4, 0.5) is 0 Å². The minimum absolute atomic E-state index is 0.115. The quantitative estimate of drug-likeness (QED) is 0.281. The highest BCUT2D eigenvalue weighted by Crippen LogP contribution is 2.46. The van der Waals surface area contributed by atoms with E-state index in [9.17, 15) is 0 Å². The van der Waals surface area contributed by atoms with Gasteiger partial charge in [-0.2, -0.15) is 0 Å². The molecule has 0 spiro atoms. The third kappa shape index (κ3) is 3.23. The third-order valence-electron chi connectivity index (χ3n) is 6.20. The zero-order chi connectivity index (χ0) is 20.0. The molecule has 3 heteroatoms. The van der Waals surface area contributed by atoms with Crippen molar-refractivity contribution >= 4 is 32.8 Å². The zero-order valence-corrected chi connectivity index (χ0v) is 17.5. The molecule has 4 aromatic rings. The second-order valence-electron chi connectivity index (χ2n) is 8.83. The smallest absolute Gasteiger partial charge is 0.133 e. The molecule has 0 amide bonds. The summed E-state index contributed by atoms with van der Waals surface area (Å²) < 4.78 is 6.50. The molecule has 0 radical (unpaired) electrons. The van der Waals surface area contributed by atoms with Crippen LogP contribution >= 0.6 is 0 Å². The first kappa shape index (κ1) is 18.4. The van der Waals surface area contributed by atoms with Gasteiger partial charge < -0.3 is 4.74 Å². The first-order valence-electron chi connectivity index (χ1n) is 10.9. The first-order valence-corrected chi connectivity index (χ1v) is 10.9. The predicted octanol–water partition coefficient (Wildman–Crippen LogP) is 7.02. The summed E-state index contributed by atoms with van der Waals surface area (Å²) in [6.45, 7) is 6.59. The predicted molar refractivity (Wildman–Crippen MR) is 121 cm³/mol. The molecule has 1 saturated carbocycles. The van der Waals surface area contributed by atoms with Crippen LogP contribution in [0.1, 0.15) is 57.9 Å². The maximum absolute atomic E-state index is 6.50. The van der Waals surface area contributed by atoms with Gasteiger partial charge in [-0.1, -0.05) is 56.2 Å². The molecule has 0 N–H and O–H groups in total. The Morgan fingerprint density at radius 1 is 0.862 bits per heavy atom. The molecule has 2 unspecified atom stereocenters. The average Bonchev–Trinajstić information content (AvgIpc) is 2.72. The van der Waals surface area contributed by atoms with Crippen molar-refractivity contribution in [1.29, 1.82) is 0 Å². The number of hydrogen-bond acceptors (Lipinski definition) is 3. The molecule has 1 aliphatic rings. The van der Waals surface area contributed by atoms with Crippen molar-refractivity contribution in [3.63, 3.8) is 0 Å². The molecule has 0 saturated heterocycles. The van der Waals surface area contributed by atoms with Crippen molar-refractivity contribution in [3.05, 3.63) is 54.1 Å². The maximum Gasteiger partial charge on any atom is 0.133 e. The molecule has 0 bridgehead atoms. The van der Waals surface area contributed by atoms with Gasteiger partial charge in [0.15, 0.2) is 0 Å². The summed E-state index contributed by atoms with van der Waals surface area (Å²) in [5.41, 5.74) is 5.21. The average molecular weight is 385 g/mol. The van der Waals surface area contributed by atoms with Crippen molar-refractivity contribution in [1.82, 2.24) is 9.97 Å². The Labute approximate surface area is 172 Å². The lowest BCUT2D eigenvalue weighted by Crippen LogP contribution is -2.16. The zero-order valence-electron chi connectivity index (χ0n) is 17.5. The van der Waals surface area contributed by atoms with Crippen LogP contribution in [0.5, 0.6) is 5.75 Å². The van der Waals surface area contributed by atoms with E-state index < -0.39 is 0 Å². The summed E-state index contributed by atoms with van der Waals surface area (Å²) in [7, 11) is 0. The van der Waals surface area contributed by atoms with E-state index in [4.69, 9.17) is 14.7 Å². The van der Waals surface area contributed by atoms with Crippen molar-refractivity contribution in [3.8, 4) is 5.75 Å². The van der Waals surface area contributed by atoms with Gasteiger partial charge in [-0.3, -0.25) is 0 Å². The summed E-state index contributed by atoms with van der Waals surface area (Å²) in [6.07, 6.45) is 5.08. The molecule has 1 heterocycles. The van der Waals surface area contributed by atoms with Gasteiger partial charge in [-0.15, -0.1) is 0 Å². The fourth-order valence-corrected chi connectivity index (χ4v) is 4.95. The summed E-state index contributed by atoms with van der Waals surface area (Å²) in [4.78, 5) is 10.2. The van der Waals surface area contributed by atoms with E-state index in [1.54, 1.807) is 0 Å². The number of fused-ring (bicyclic) bond motifs is 4. The summed E-state index contributed by atoms with van der Waals surface area (Å²) >= 11 is 0. The molecule has 2 atom stereocenters. The van der Waals surface area contributed by atoms with E-state index in [0.717, 1.165) is 44.5 Å². The first-order chi connectivity index (χ1) is 14.1. The second-order valence-corrected chi connectivity index (χ2v) is 8.83. The van der Waals surface area contributed by atoms with E-state index in [2.05, 4.69) is 57.2 Å². The Morgan fingerprint density at radius 3 is 2.21 bits per heavy atom. The largest absolute Gasteiger partial charge is 0.490 e. The van der Waals surface area contributed by atoms with Crippen LogP contribution in [0.2, 0.25) is 0 Å². The van der Waals surface area contributed by atoms with Gasteiger partial charge in [-0.05, 0) is 50.7 Å². The molecule has 1 aromatic heterocycles. The van der Waals surface area contributed by atoms with Crippen molar-refractivity contribution < 1.29 is 4.74 Å². The number of rotatable bonds is 3. The number of benzene rings is 3. The summed E-state index contributed by atoms with van der Waals surface area (Å²) in [5, 5.41) is 2.29. The molecule has 29 heavy (non-hydrogen) atoms. The van der Waals surface area contributed by atoms with Crippen molar-refractivity contribution in [2.75, 3.05) is 0 Å². The van der Waals surface area contributed by atoms with E-state index in [0.29, 0.717) is 5.92 Å². The Morgan fingerprint density at radius 2 is 1.52 bits per heavy atom. The molecule has 3 nitrogen and oxygen atoms in total. The lowest BCUT2D eigenvalue weighted by atomic mass is 9.77. The van der Waals surface area contributed by atoms with Gasteiger partial charge in [0.05, 0.1) is 28.2 Å². The number of hydrogen-bond donors (Lipinski definition) is 0. The Balaban J connectivity index is 1.91. The molecule has 5 rings (SSSR count). The fraction of sp³-hybridized carbons (Fsp3) is 0.385. The van der Waals surface area contributed by atoms with Crippen molar-refractivity contribution in [2.24, 2.45) is 5.92 Å². The molecule has 0 aliphatic heterocycles. The minimum Gasteiger partial charge on any atom is -0.490 e. The Hall–Kier alpha value is -2.68. The highest BCUT2D eigenvalue weighted by atomic mass is 16.5. The van der Waals surface area contributed by atoms with Gasteiger partial charge in [0.2, 0.25) is 0 Å². The Kier molecular flexibility index (Phi) is 4.61. The third-order valence-corrected chi connectivity index (χ3v) is 6.20. The minimum atomic E-state index is 0.115. The van der Waals surface area contributed by atoms with Crippen molar-refractivity contribution in [2.45, 2.75) is 58.5 Å². The Bertz CT molecular complexity index is 1200. The van der Waals surface area contributed by atoms with Crippen LogP contribution in [-0.2, 0) is 0 Å². The lowest BCUT2D eigenvalue weighted by Gasteiger charge is -2.30. The van der Waals surface area contributed by atoms with E-state index in [-0.39, 0.29) is 6.10 Å². The van der Waals surface area contributed by atoms with Gasteiger partial charge in [0.1, 0.15) is 5.75 Å². The number of para-hydroxylation sites is 2. The van der Waals surface area contributed by atoms with Crippen LogP contribution in [-0.4, -0.2) is 16.1 Å². The molecule has 3 aromatic carbocycles.